The molecule has 2 aromatic heterocycles. The molecule has 0 saturated carbocycles. The van der Waals surface area contributed by atoms with Gasteiger partial charge in [0, 0.05) is 18.8 Å². The highest BCUT2D eigenvalue weighted by Gasteiger charge is 2.11. The molecular weight excluding hydrogens is 368 g/mol. The van der Waals surface area contributed by atoms with Crippen LogP contribution in [0.2, 0.25) is 0 Å². The first-order chi connectivity index (χ1) is 13.0. The monoisotopic (exact) mass is 384 g/mol. The van der Waals surface area contributed by atoms with Gasteiger partial charge in [0.25, 0.3) is 11.5 Å². The zero-order valence-corrected chi connectivity index (χ0v) is 14.8. The van der Waals surface area contributed by atoms with E-state index < -0.39 is 11.5 Å². The molecule has 6 N–H and O–H groups in total. The fraction of sp³-hybridized carbons (Fsp3) is 0.125. The topological polar surface area (TPSA) is 151 Å². The summed E-state index contributed by atoms with van der Waals surface area (Å²) < 4.78 is 0. The number of fused-ring (bicyclic) bond motifs is 1. The van der Waals surface area contributed by atoms with E-state index in [1.165, 1.54) is 6.20 Å². The van der Waals surface area contributed by atoms with Gasteiger partial charge in [0.15, 0.2) is 16.3 Å². The van der Waals surface area contributed by atoms with E-state index in [0.29, 0.717) is 18.2 Å². The number of thiocarbonyl (C=S) groups is 1. The van der Waals surface area contributed by atoms with Crippen molar-refractivity contribution >= 4 is 46.0 Å². The average Bonchev–Trinajstić information content (AvgIpc) is 2.65. The molecule has 138 valence electrons. The van der Waals surface area contributed by atoms with Gasteiger partial charge < -0.3 is 21.7 Å². The van der Waals surface area contributed by atoms with E-state index in [4.69, 9.17) is 18.0 Å². The number of H-pyrrole nitrogens is 1. The second kappa shape index (κ2) is 8.19. The van der Waals surface area contributed by atoms with E-state index in [1.54, 1.807) is 0 Å². The van der Waals surface area contributed by atoms with Crippen LogP contribution in [0.25, 0.3) is 11.2 Å². The molecule has 1 aromatic carbocycles. The highest BCUT2D eigenvalue weighted by atomic mass is 32.1. The van der Waals surface area contributed by atoms with Crippen LogP contribution in [0.3, 0.4) is 0 Å². The number of anilines is 2. The van der Waals surface area contributed by atoms with E-state index in [0.717, 1.165) is 5.69 Å². The van der Waals surface area contributed by atoms with Gasteiger partial charge in [-0.15, -0.1) is 0 Å². The minimum absolute atomic E-state index is 0.00950. The van der Waals surface area contributed by atoms with Crippen molar-refractivity contribution in [3.05, 3.63) is 52.6 Å². The number of para-hydroxylation sites is 1. The number of amides is 1. The Labute approximate surface area is 158 Å². The number of hydrogen-bond donors (Lipinski definition) is 5. The molecule has 0 spiro atoms. The van der Waals surface area contributed by atoms with Gasteiger partial charge in [0.2, 0.25) is 5.95 Å². The number of hydrogen-bond acceptors (Lipinski definition) is 7. The molecule has 0 unspecified atom stereocenters. The molecule has 0 fully saturated rings. The van der Waals surface area contributed by atoms with Gasteiger partial charge in [0.1, 0.15) is 5.69 Å². The Balaban J connectivity index is 1.51. The SMILES string of the molecule is Nc1nc2nc(C(=O)NCCNC(=S)Nc3ccccc3)cnc2c(=O)[nH]1. The van der Waals surface area contributed by atoms with E-state index in [2.05, 4.69) is 35.9 Å². The zero-order chi connectivity index (χ0) is 19.2. The molecule has 0 bridgehead atoms. The summed E-state index contributed by atoms with van der Waals surface area (Å²) in [5, 5.41) is 9.12. The molecular formula is C16H16N8O2S. The third-order valence-electron chi connectivity index (χ3n) is 3.40. The van der Waals surface area contributed by atoms with Crippen molar-refractivity contribution in [3.63, 3.8) is 0 Å². The van der Waals surface area contributed by atoms with Crippen LogP contribution in [0.4, 0.5) is 11.6 Å². The number of aromatic amines is 1. The van der Waals surface area contributed by atoms with Crippen molar-refractivity contribution < 1.29 is 4.79 Å². The number of rotatable bonds is 5. The molecule has 0 saturated heterocycles. The van der Waals surface area contributed by atoms with Crippen LogP contribution in [0.5, 0.6) is 0 Å². The molecule has 0 aliphatic rings. The summed E-state index contributed by atoms with van der Waals surface area (Å²) in [5.41, 5.74) is 5.88. The maximum absolute atomic E-state index is 12.2. The molecule has 3 aromatic rings. The molecule has 2 heterocycles. The van der Waals surface area contributed by atoms with E-state index in [9.17, 15) is 9.59 Å². The molecule has 1 amide bonds. The van der Waals surface area contributed by atoms with Crippen molar-refractivity contribution in [1.29, 1.82) is 0 Å². The van der Waals surface area contributed by atoms with E-state index in [1.807, 2.05) is 30.3 Å². The summed E-state index contributed by atoms with van der Waals surface area (Å²) in [5.74, 6) is -0.545. The van der Waals surface area contributed by atoms with Crippen LogP contribution in [0.15, 0.2) is 41.3 Å². The van der Waals surface area contributed by atoms with Gasteiger partial charge in [-0.1, -0.05) is 18.2 Å². The average molecular weight is 384 g/mol. The fourth-order valence-corrected chi connectivity index (χ4v) is 2.40. The predicted molar refractivity (Wildman–Crippen MR) is 105 cm³/mol. The lowest BCUT2D eigenvalue weighted by Gasteiger charge is -2.11. The highest BCUT2D eigenvalue weighted by molar-refractivity contribution is 7.80. The van der Waals surface area contributed by atoms with Crippen LogP contribution in [-0.4, -0.2) is 44.0 Å². The van der Waals surface area contributed by atoms with Crippen molar-refractivity contribution in [2.45, 2.75) is 0 Å². The van der Waals surface area contributed by atoms with Gasteiger partial charge in [-0.3, -0.25) is 14.6 Å². The number of carbonyl (C=O) groups excluding carboxylic acids is 1. The number of benzene rings is 1. The molecule has 0 aliphatic heterocycles. The Bertz CT molecular complexity index is 1040. The third-order valence-corrected chi connectivity index (χ3v) is 3.64. The summed E-state index contributed by atoms with van der Waals surface area (Å²) in [4.78, 5) is 38.0. The van der Waals surface area contributed by atoms with Gasteiger partial charge >= 0.3 is 0 Å². The molecule has 0 aliphatic carbocycles. The molecule has 11 heteroatoms. The maximum Gasteiger partial charge on any atom is 0.280 e. The molecule has 0 radical (unpaired) electrons. The zero-order valence-electron chi connectivity index (χ0n) is 14.0. The Morgan fingerprint density at radius 2 is 1.89 bits per heavy atom. The summed E-state index contributed by atoms with van der Waals surface area (Å²) >= 11 is 5.18. The van der Waals surface area contributed by atoms with Gasteiger partial charge in [-0.2, -0.15) is 4.98 Å². The van der Waals surface area contributed by atoms with Gasteiger partial charge in [0.05, 0.1) is 6.20 Å². The van der Waals surface area contributed by atoms with Gasteiger partial charge in [-0.05, 0) is 24.4 Å². The minimum Gasteiger partial charge on any atom is -0.369 e. The largest absolute Gasteiger partial charge is 0.369 e. The van der Waals surface area contributed by atoms with Crippen molar-refractivity contribution in [2.24, 2.45) is 0 Å². The number of nitrogens with one attached hydrogen (secondary N) is 4. The Kier molecular flexibility index (Phi) is 5.52. The fourth-order valence-electron chi connectivity index (χ4n) is 2.18. The minimum atomic E-state index is -0.513. The smallest absolute Gasteiger partial charge is 0.280 e. The van der Waals surface area contributed by atoms with Crippen molar-refractivity contribution in [3.8, 4) is 0 Å². The third kappa shape index (κ3) is 4.73. The summed E-state index contributed by atoms with van der Waals surface area (Å²) in [6.07, 6.45) is 1.21. The summed E-state index contributed by atoms with van der Waals surface area (Å²) in [6.45, 7) is 0.719. The second-order valence-electron chi connectivity index (χ2n) is 5.38. The highest BCUT2D eigenvalue weighted by Crippen LogP contribution is 2.04. The standard InChI is InChI=1S/C16H16N8O2S/c17-15-23-12-11(14(26)24-15)20-8-10(22-12)13(25)18-6-7-19-16(27)21-9-4-2-1-3-5-9/h1-5,8H,6-7H2,(H,18,25)(H2,19,21,27)(H3,17,22,23,24,26). The van der Waals surface area contributed by atoms with Crippen LogP contribution < -0.4 is 27.2 Å². The molecule has 0 atom stereocenters. The predicted octanol–water partition coefficient (Wildman–Crippen LogP) is 0.0117. The molecule has 10 nitrogen and oxygen atoms in total. The van der Waals surface area contributed by atoms with Crippen LogP contribution in [-0.2, 0) is 0 Å². The van der Waals surface area contributed by atoms with Crippen LogP contribution in [0.1, 0.15) is 10.5 Å². The van der Waals surface area contributed by atoms with E-state index >= 15 is 0 Å². The second-order valence-corrected chi connectivity index (χ2v) is 5.79. The first kappa shape index (κ1) is 18.2. The normalized spacial score (nSPS) is 10.4. The lowest BCUT2D eigenvalue weighted by atomic mass is 10.3. The molecule has 27 heavy (non-hydrogen) atoms. The number of carbonyl (C=O) groups is 1. The lowest BCUT2D eigenvalue weighted by Crippen LogP contribution is -2.37. The van der Waals surface area contributed by atoms with Crippen molar-refractivity contribution in [2.75, 3.05) is 24.1 Å². The van der Waals surface area contributed by atoms with Gasteiger partial charge in [-0.25, -0.2) is 9.97 Å². The summed E-state index contributed by atoms with van der Waals surface area (Å²) in [7, 11) is 0. The quantitative estimate of drug-likeness (QED) is 0.303. The first-order valence-electron chi connectivity index (χ1n) is 7.93. The summed E-state index contributed by atoms with van der Waals surface area (Å²) in [6, 6.07) is 9.48. The van der Waals surface area contributed by atoms with Crippen LogP contribution in [0, 0.1) is 0 Å². The number of nitrogens with zero attached hydrogens (tertiary/aromatic N) is 3. The van der Waals surface area contributed by atoms with Crippen molar-refractivity contribution in [1.82, 2.24) is 30.6 Å². The number of nitrogen functional groups attached to an aromatic ring is 1. The lowest BCUT2D eigenvalue weighted by molar-refractivity contribution is 0.0949. The maximum atomic E-state index is 12.2. The first-order valence-corrected chi connectivity index (χ1v) is 8.34. The van der Waals surface area contributed by atoms with E-state index in [-0.39, 0.29) is 22.8 Å². The number of nitrogens with two attached hydrogens (primary N) is 1. The number of aromatic nitrogens is 4. The Hall–Kier alpha value is -3.60. The Morgan fingerprint density at radius 1 is 1.15 bits per heavy atom. The van der Waals surface area contributed by atoms with Crippen LogP contribution >= 0.6 is 12.2 Å². The Morgan fingerprint density at radius 3 is 2.67 bits per heavy atom. The molecule has 3 rings (SSSR count).